The van der Waals surface area contributed by atoms with Crippen molar-refractivity contribution in [3.8, 4) is 5.75 Å². The van der Waals surface area contributed by atoms with E-state index < -0.39 is 0 Å². The molecule has 6 heteroatoms. The van der Waals surface area contributed by atoms with E-state index in [1.165, 1.54) is 5.56 Å². The van der Waals surface area contributed by atoms with Gasteiger partial charge in [-0.05, 0) is 36.2 Å². The summed E-state index contributed by atoms with van der Waals surface area (Å²) in [4.78, 5) is 3.46. The van der Waals surface area contributed by atoms with Crippen LogP contribution in [0.25, 0.3) is 10.9 Å². The Labute approximate surface area is 150 Å². The molecule has 3 aromatic rings. The molecule has 1 aliphatic rings. The minimum absolute atomic E-state index is 0. The maximum absolute atomic E-state index is 10.3. The Kier molecular flexibility index (Phi) is 4.47. The molecule has 3 N–H and O–H groups in total. The van der Waals surface area contributed by atoms with E-state index in [4.69, 9.17) is 23.2 Å². The van der Waals surface area contributed by atoms with E-state index in [1.54, 1.807) is 6.07 Å². The third kappa shape index (κ3) is 2.68. The summed E-state index contributed by atoms with van der Waals surface area (Å²) in [7, 11) is 0. The van der Waals surface area contributed by atoms with Gasteiger partial charge in [0.2, 0.25) is 0 Å². The summed E-state index contributed by atoms with van der Waals surface area (Å²) in [6.45, 7) is 0.836. The van der Waals surface area contributed by atoms with Crippen molar-refractivity contribution in [3.63, 3.8) is 0 Å². The van der Waals surface area contributed by atoms with Crippen LogP contribution in [0.3, 0.4) is 0 Å². The molecule has 1 atom stereocenters. The summed E-state index contributed by atoms with van der Waals surface area (Å²) < 4.78 is 0. The van der Waals surface area contributed by atoms with Gasteiger partial charge in [0.25, 0.3) is 0 Å². The lowest BCUT2D eigenvalue weighted by molar-refractivity contribution is 0.453. The Morgan fingerprint density at radius 2 is 1.96 bits per heavy atom. The molecule has 0 bridgehead atoms. The maximum Gasteiger partial charge on any atom is 0.139 e. The van der Waals surface area contributed by atoms with Gasteiger partial charge in [-0.25, -0.2) is 0 Å². The molecule has 2 heterocycles. The van der Waals surface area contributed by atoms with Crippen molar-refractivity contribution < 1.29 is 5.11 Å². The number of benzene rings is 2. The van der Waals surface area contributed by atoms with Gasteiger partial charge >= 0.3 is 0 Å². The zero-order valence-electron chi connectivity index (χ0n) is 12.1. The fourth-order valence-electron chi connectivity index (χ4n) is 3.23. The zero-order chi connectivity index (χ0) is 15.3. The van der Waals surface area contributed by atoms with Crippen molar-refractivity contribution in [1.82, 2.24) is 10.3 Å². The first-order valence-corrected chi connectivity index (χ1v) is 7.91. The van der Waals surface area contributed by atoms with Crippen molar-refractivity contribution >= 4 is 46.5 Å². The van der Waals surface area contributed by atoms with Crippen LogP contribution in [0.1, 0.15) is 22.9 Å². The Bertz CT molecular complexity index is 876. The Morgan fingerprint density at radius 1 is 1.13 bits per heavy atom. The quantitative estimate of drug-likeness (QED) is 0.575. The standard InChI is InChI=1S/C17H14Cl2N2O.ClH/c18-9-4-5-14-12(8-9)10-6-7-20-15(16(10)21-14)11-2-1-3-13(19)17(11)22;/h1-5,8,15,20-22H,6-7H2;1H. The molecule has 3 nitrogen and oxygen atoms in total. The van der Waals surface area contributed by atoms with Crippen LogP contribution in [-0.2, 0) is 6.42 Å². The number of phenolic OH excluding ortho intramolecular Hbond substituents is 1. The molecule has 4 rings (SSSR count). The molecule has 0 radical (unpaired) electrons. The van der Waals surface area contributed by atoms with Gasteiger partial charge in [-0.15, -0.1) is 12.4 Å². The summed E-state index contributed by atoms with van der Waals surface area (Å²) in [6, 6.07) is 11.2. The lowest BCUT2D eigenvalue weighted by Gasteiger charge is -2.25. The molecule has 120 valence electrons. The zero-order valence-corrected chi connectivity index (χ0v) is 14.4. The minimum atomic E-state index is -0.103. The normalized spacial score (nSPS) is 16.9. The number of aromatic amines is 1. The third-order valence-electron chi connectivity index (χ3n) is 4.24. The molecule has 1 unspecified atom stereocenters. The number of nitrogens with one attached hydrogen (secondary N) is 2. The fourth-order valence-corrected chi connectivity index (χ4v) is 3.58. The highest BCUT2D eigenvalue weighted by atomic mass is 35.5. The van der Waals surface area contributed by atoms with E-state index in [0.29, 0.717) is 5.02 Å². The highest BCUT2D eigenvalue weighted by Crippen LogP contribution is 2.39. The first kappa shape index (κ1) is 16.5. The number of para-hydroxylation sites is 1. The van der Waals surface area contributed by atoms with Crippen molar-refractivity contribution in [3.05, 3.63) is 63.3 Å². The second-order valence-electron chi connectivity index (χ2n) is 5.52. The van der Waals surface area contributed by atoms with Crippen LogP contribution in [-0.4, -0.2) is 16.6 Å². The Hall–Kier alpha value is -1.39. The van der Waals surface area contributed by atoms with Gasteiger partial charge in [0.05, 0.1) is 11.1 Å². The molecular weight excluding hydrogens is 355 g/mol. The van der Waals surface area contributed by atoms with Crippen molar-refractivity contribution in [2.45, 2.75) is 12.5 Å². The minimum Gasteiger partial charge on any atom is -0.506 e. The number of fused-ring (bicyclic) bond motifs is 3. The van der Waals surface area contributed by atoms with Crippen LogP contribution >= 0.6 is 35.6 Å². The Balaban J connectivity index is 0.00000156. The molecule has 1 aromatic heterocycles. The first-order chi connectivity index (χ1) is 10.6. The van der Waals surface area contributed by atoms with E-state index >= 15 is 0 Å². The van der Waals surface area contributed by atoms with Gasteiger partial charge in [0, 0.05) is 33.7 Å². The number of hydrogen-bond donors (Lipinski definition) is 3. The number of aromatic hydroxyl groups is 1. The van der Waals surface area contributed by atoms with E-state index in [2.05, 4.69) is 10.3 Å². The van der Waals surface area contributed by atoms with Crippen molar-refractivity contribution in [1.29, 1.82) is 0 Å². The summed E-state index contributed by atoms with van der Waals surface area (Å²) in [6.07, 6.45) is 0.924. The van der Waals surface area contributed by atoms with E-state index in [-0.39, 0.29) is 24.2 Å². The van der Waals surface area contributed by atoms with Crippen LogP contribution in [0.2, 0.25) is 10.0 Å². The highest BCUT2D eigenvalue weighted by Gasteiger charge is 2.27. The monoisotopic (exact) mass is 368 g/mol. The Morgan fingerprint density at radius 3 is 2.78 bits per heavy atom. The molecular formula is C17H15Cl3N2O. The molecule has 2 aromatic carbocycles. The van der Waals surface area contributed by atoms with Crippen LogP contribution in [0.4, 0.5) is 0 Å². The van der Waals surface area contributed by atoms with E-state index in [9.17, 15) is 5.11 Å². The lowest BCUT2D eigenvalue weighted by Crippen LogP contribution is -2.30. The number of phenols is 1. The average Bonchev–Trinajstić information content (AvgIpc) is 2.88. The number of aromatic nitrogens is 1. The average molecular weight is 370 g/mol. The maximum atomic E-state index is 10.3. The molecule has 1 aliphatic heterocycles. The fraction of sp³-hybridized carbons (Fsp3) is 0.176. The van der Waals surface area contributed by atoms with Crippen LogP contribution < -0.4 is 5.32 Å². The second kappa shape index (κ2) is 6.25. The lowest BCUT2D eigenvalue weighted by atomic mass is 9.94. The van der Waals surface area contributed by atoms with Gasteiger partial charge in [0.15, 0.2) is 0 Å². The molecule has 23 heavy (non-hydrogen) atoms. The summed E-state index contributed by atoms with van der Waals surface area (Å²) in [5, 5.41) is 16.0. The van der Waals surface area contributed by atoms with E-state index in [0.717, 1.165) is 40.1 Å². The van der Waals surface area contributed by atoms with E-state index in [1.807, 2.05) is 30.3 Å². The number of H-pyrrole nitrogens is 1. The number of hydrogen-bond acceptors (Lipinski definition) is 2. The molecule has 0 saturated heterocycles. The summed E-state index contributed by atoms with van der Waals surface area (Å²) in [5.74, 6) is 0.131. The second-order valence-corrected chi connectivity index (χ2v) is 6.37. The number of rotatable bonds is 1. The molecule has 0 fully saturated rings. The van der Waals surface area contributed by atoms with Gasteiger partial charge < -0.3 is 15.4 Å². The van der Waals surface area contributed by atoms with Crippen molar-refractivity contribution in [2.75, 3.05) is 6.54 Å². The SMILES string of the molecule is Cl.Oc1c(Cl)cccc1C1NCCc2c1[nH]c1ccc(Cl)cc21. The van der Waals surface area contributed by atoms with Crippen LogP contribution in [0, 0.1) is 0 Å². The van der Waals surface area contributed by atoms with Crippen molar-refractivity contribution in [2.24, 2.45) is 0 Å². The topological polar surface area (TPSA) is 48.0 Å². The first-order valence-electron chi connectivity index (χ1n) is 7.16. The molecule has 0 aliphatic carbocycles. The van der Waals surface area contributed by atoms with Crippen LogP contribution in [0.15, 0.2) is 36.4 Å². The predicted octanol–water partition coefficient (Wildman–Crippen LogP) is 4.84. The third-order valence-corrected chi connectivity index (χ3v) is 4.78. The number of halogens is 3. The van der Waals surface area contributed by atoms with Gasteiger partial charge in [-0.1, -0.05) is 35.3 Å². The predicted molar refractivity (Wildman–Crippen MR) is 97.2 cm³/mol. The summed E-state index contributed by atoms with van der Waals surface area (Å²) in [5.41, 5.74) is 4.16. The van der Waals surface area contributed by atoms with Gasteiger partial charge in [-0.2, -0.15) is 0 Å². The summed E-state index contributed by atoms with van der Waals surface area (Å²) >= 11 is 12.2. The van der Waals surface area contributed by atoms with Crippen LogP contribution in [0.5, 0.6) is 5.75 Å². The molecule has 0 saturated carbocycles. The smallest absolute Gasteiger partial charge is 0.139 e. The largest absolute Gasteiger partial charge is 0.506 e. The molecule has 0 amide bonds. The van der Waals surface area contributed by atoms with Gasteiger partial charge in [-0.3, -0.25) is 0 Å². The highest BCUT2D eigenvalue weighted by molar-refractivity contribution is 6.32. The molecule has 0 spiro atoms. The van der Waals surface area contributed by atoms with Gasteiger partial charge in [0.1, 0.15) is 5.75 Å².